The molecule has 2 unspecified atom stereocenters. The maximum Gasteiger partial charge on any atom is 0.262 e. The van der Waals surface area contributed by atoms with Crippen LogP contribution < -0.4 is 16.4 Å². The zero-order valence-corrected chi connectivity index (χ0v) is 16.5. The van der Waals surface area contributed by atoms with E-state index in [1.165, 1.54) is 19.3 Å². The molecule has 8 nitrogen and oxygen atoms in total. The second-order valence-corrected chi connectivity index (χ2v) is 8.56. The molecule has 1 aromatic rings. The number of nitrogens with one attached hydrogen (secondary N) is 2. The molecule has 4 amide bonds. The molecule has 0 aromatic heterocycles. The Hall–Kier alpha value is -2.58. The lowest BCUT2D eigenvalue weighted by molar-refractivity contribution is -0.136. The van der Waals surface area contributed by atoms with Gasteiger partial charge in [0, 0.05) is 25.0 Å². The number of piperidine rings is 1. The Labute approximate surface area is 169 Å². The first kappa shape index (κ1) is 19.7. The number of imide groups is 2. The molecule has 2 aliphatic heterocycles. The minimum atomic E-state index is -0.943. The maximum atomic E-state index is 12.9. The van der Waals surface area contributed by atoms with Gasteiger partial charge < -0.3 is 11.1 Å². The minimum absolute atomic E-state index is 0.109. The summed E-state index contributed by atoms with van der Waals surface area (Å²) in [4.78, 5) is 50.0. The van der Waals surface area contributed by atoms with Gasteiger partial charge in [0.15, 0.2) is 0 Å². The van der Waals surface area contributed by atoms with E-state index in [2.05, 4.69) is 17.6 Å². The largest absolute Gasteiger partial charge is 0.324 e. The van der Waals surface area contributed by atoms with Gasteiger partial charge >= 0.3 is 0 Å². The third kappa shape index (κ3) is 3.58. The summed E-state index contributed by atoms with van der Waals surface area (Å²) in [7, 11) is 0. The topological polar surface area (TPSA) is 122 Å². The SMILES string of the molecule is CC(N)(CNCc1ccc2c(c1)C(=O)N(C1CCC(=O)NC1=O)C2=O)C1CCC1. The summed E-state index contributed by atoms with van der Waals surface area (Å²) < 4.78 is 0. The van der Waals surface area contributed by atoms with Crippen LogP contribution in [0.5, 0.6) is 0 Å². The van der Waals surface area contributed by atoms with Crippen molar-refractivity contribution in [1.29, 1.82) is 0 Å². The normalized spacial score (nSPS) is 24.2. The molecule has 8 heteroatoms. The van der Waals surface area contributed by atoms with Gasteiger partial charge in [-0.05, 0) is 49.8 Å². The van der Waals surface area contributed by atoms with Crippen molar-refractivity contribution in [3.63, 3.8) is 0 Å². The van der Waals surface area contributed by atoms with E-state index in [4.69, 9.17) is 5.73 Å². The summed E-state index contributed by atoms with van der Waals surface area (Å²) in [6.45, 7) is 3.27. The van der Waals surface area contributed by atoms with Crippen LogP contribution in [0.25, 0.3) is 0 Å². The van der Waals surface area contributed by atoms with Gasteiger partial charge in [0.2, 0.25) is 11.8 Å². The summed E-state index contributed by atoms with van der Waals surface area (Å²) in [5.41, 5.74) is 7.62. The third-order valence-corrected chi connectivity index (χ3v) is 6.38. The quantitative estimate of drug-likeness (QED) is 0.607. The highest BCUT2D eigenvalue weighted by Gasteiger charge is 2.44. The number of hydrogen-bond donors (Lipinski definition) is 3. The average molecular weight is 398 g/mol. The van der Waals surface area contributed by atoms with Gasteiger partial charge in [0.05, 0.1) is 11.1 Å². The molecule has 4 N–H and O–H groups in total. The lowest BCUT2D eigenvalue weighted by Gasteiger charge is -2.40. The molecular weight excluding hydrogens is 372 g/mol. The fourth-order valence-electron chi connectivity index (χ4n) is 4.32. The molecule has 154 valence electrons. The second-order valence-electron chi connectivity index (χ2n) is 8.56. The monoisotopic (exact) mass is 398 g/mol. The fraction of sp³-hybridized carbons (Fsp3) is 0.524. The summed E-state index contributed by atoms with van der Waals surface area (Å²) >= 11 is 0. The van der Waals surface area contributed by atoms with Gasteiger partial charge in [-0.3, -0.25) is 29.4 Å². The van der Waals surface area contributed by atoms with Crippen LogP contribution in [0.15, 0.2) is 18.2 Å². The van der Waals surface area contributed by atoms with Gasteiger partial charge in [0.1, 0.15) is 6.04 Å². The van der Waals surface area contributed by atoms with E-state index < -0.39 is 23.8 Å². The Balaban J connectivity index is 1.44. The highest BCUT2D eigenvalue weighted by molar-refractivity contribution is 6.23. The molecule has 0 radical (unpaired) electrons. The standard InChI is InChI=1S/C21H26N4O4/c1-21(22,13-3-2-4-13)11-23-10-12-5-6-14-15(9-12)20(29)25(19(14)28)16-7-8-17(26)24-18(16)27/h5-6,9,13,16,23H,2-4,7-8,10-11,22H2,1H3,(H,24,26,27). The Morgan fingerprint density at radius 3 is 2.52 bits per heavy atom. The molecule has 0 spiro atoms. The summed E-state index contributed by atoms with van der Waals surface area (Å²) in [6, 6.07) is 4.20. The number of benzene rings is 1. The number of carbonyl (C=O) groups excluding carboxylic acids is 4. The predicted octanol–water partition coefficient (Wildman–Crippen LogP) is 0.695. The Morgan fingerprint density at radius 1 is 1.14 bits per heavy atom. The van der Waals surface area contributed by atoms with E-state index in [0.29, 0.717) is 30.1 Å². The van der Waals surface area contributed by atoms with Crippen molar-refractivity contribution >= 4 is 23.6 Å². The lowest BCUT2D eigenvalue weighted by atomic mass is 9.72. The number of amides is 4. The molecule has 1 aromatic carbocycles. The van der Waals surface area contributed by atoms with Crippen molar-refractivity contribution in [2.45, 2.75) is 57.2 Å². The van der Waals surface area contributed by atoms with Crippen LogP contribution >= 0.6 is 0 Å². The van der Waals surface area contributed by atoms with E-state index in [1.54, 1.807) is 12.1 Å². The van der Waals surface area contributed by atoms with Gasteiger partial charge in [-0.2, -0.15) is 0 Å². The van der Waals surface area contributed by atoms with Crippen LogP contribution in [-0.2, 0) is 16.1 Å². The van der Waals surface area contributed by atoms with Crippen LogP contribution in [0, 0.1) is 5.92 Å². The first-order valence-corrected chi connectivity index (χ1v) is 10.1. The first-order valence-electron chi connectivity index (χ1n) is 10.1. The molecule has 2 fully saturated rings. The van der Waals surface area contributed by atoms with Gasteiger partial charge in [-0.15, -0.1) is 0 Å². The minimum Gasteiger partial charge on any atom is -0.324 e. The second kappa shape index (κ2) is 7.35. The van der Waals surface area contributed by atoms with E-state index in [9.17, 15) is 19.2 Å². The number of hydrogen-bond acceptors (Lipinski definition) is 6. The molecule has 4 rings (SSSR count). The summed E-state index contributed by atoms with van der Waals surface area (Å²) in [5, 5.41) is 5.56. The van der Waals surface area contributed by atoms with Crippen LogP contribution in [-0.4, -0.2) is 46.7 Å². The van der Waals surface area contributed by atoms with Crippen molar-refractivity contribution in [1.82, 2.24) is 15.5 Å². The molecule has 29 heavy (non-hydrogen) atoms. The highest BCUT2D eigenvalue weighted by atomic mass is 16.2. The van der Waals surface area contributed by atoms with Crippen LogP contribution in [0.3, 0.4) is 0 Å². The van der Waals surface area contributed by atoms with Crippen molar-refractivity contribution in [2.24, 2.45) is 11.7 Å². The zero-order valence-electron chi connectivity index (χ0n) is 16.5. The number of carbonyl (C=O) groups is 4. The van der Waals surface area contributed by atoms with E-state index in [0.717, 1.165) is 10.5 Å². The molecule has 2 atom stereocenters. The maximum absolute atomic E-state index is 12.9. The summed E-state index contributed by atoms with van der Waals surface area (Å²) in [5.74, 6) is -1.42. The molecule has 1 saturated carbocycles. The Kier molecular flexibility index (Phi) is 5.00. The van der Waals surface area contributed by atoms with Gasteiger partial charge in [-0.1, -0.05) is 12.5 Å². The van der Waals surface area contributed by atoms with Crippen molar-refractivity contribution in [2.75, 3.05) is 6.54 Å². The molecular formula is C21H26N4O4. The zero-order chi connectivity index (χ0) is 20.8. The van der Waals surface area contributed by atoms with Crippen molar-refractivity contribution < 1.29 is 19.2 Å². The lowest BCUT2D eigenvalue weighted by Crippen LogP contribution is -2.54. The fourth-order valence-corrected chi connectivity index (χ4v) is 4.32. The van der Waals surface area contributed by atoms with Crippen LogP contribution in [0.1, 0.15) is 65.3 Å². The smallest absolute Gasteiger partial charge is 0.262 e. The number of nitrogens with zero attached hydrogens (tertiary/aromatic N) is 1. The number of rotatable bonds is 6. The van der Waals surface area contributed by atoms with Crippen LogP contribution in [0.2, 0.25) is 0 Å². The van der Waals surface area contributed by atoms with Crippen LogP contribution in [0.4, 0.5) is 0 Å². The van der Waals surface area contributed by atoms with Gasteiger partial charge in [-0.25, -0.2) is 0 Å². The van der Waals surface area contributed by atoms with Crippen molar-refractivity contribution in [3.05, 3.63) is 34.9 Å². The van der Waals surface area contributed by atoms with E-state index in [1.807, 2.05) is 6.07 Å². The molecule has 1 aliphatic carbocycles. The molecule has 2 heterocycles. The summed E-state index contributed by atoms with van der Waals surface area (Å²) in [6.07, 6.45) is 3.83. The predicted molar refractivity (Wildman–Crippen MR) is 105 cm³/mol. The first-order chi connectivity index (χ1) is 13.8. The molecule has 0 bridgehead atoms. The molecule has 3 aliphatic rings. The average Bonchev–Trinajstić information content (AvgIpc) is 2.84. The Morgan fingerprint density at radius 2 is 1.86 bits per heavy atom. The van der Waals surface area contributed by atoms with Crippen molar-refractivity contribution in [3.8, 4) is 0 Å². The third-order valence-electron chi connectivity index (χ3n) is 6.38. The number of fused-ring (bicyclic) bond motifs is 1. The van der Waals surface area contributed by atoms with E-state index in [-0.39, 0.29) is 24.3 Å². The Bertz CT molecular complexity index is 891. The van der Waals surface area contributed by atoms with Gasteiger partial charge in [0.25, 0.3) is 11.8 Å². The molecule has 1 saturated heterocycles. The number of nitrogens with two attached hydrogens (primary N) is 1. The highest BCUT2D eigenvalue weighted by Crippen LogP contribution is 2.34. The van der Waals surface area contributed by atoms with E-state index >= 15 is 0 Å².